The Morgan fingerprint density at radius 2 is 2.04 bits per heavy atom. The molecular formula is C14H7F3N4O3. The average Bonchev–Trinajstić information content (AvgIpc) is 2.53. The fourth-order valence-corrected chi connectivity index (χ4v) is 1.83. The third kappa shape index (κ3) is 3.46. The van der Waals surface area contributed by atoms with Gasteiger partial charge in [0, 0.05) is 18.5 Å². The number of rotatable bonds is 3. The number of carbonyl (C=O) groups is 1. The molecule has 1 N–H and O–H groups in total. The van der Waals surface area contributed by atoms with Gasteiger partial charge in [-0.05, 0) is 18.2 Å². The molecule has 0 fully saturated rings. The fourth-order valence-electron chi connectivity index (χ4n) is 1.83. The van der Waals surface area contributed by atoms with E-state index in [4.69, 9.17) is 5.26 Å². The molecule has 0 saturated carbocycles. The number of alkyl halides is 3. The molecule has 7 nitrogen and oxygen atoms in total. The molecule has 1 heterocycles. The Morgan fingerprint density at radius 3 is 2.62 bits per heavy atom. The number of nitro groups is 1. The standard InChI is InChI=1S/C14H7F3N4O3/c15-14(16,17)9-1-2-10(12(5-9)21(23)24)13(22)20-11-3-4-19-7-8(11)6-18/h1-5,7H,(H,19,20,22). The summed E-state index contributed by atoms with van der Waals surface area (Å²) in [6.45, 7) is 0. The van der Waals surface area contributed by atoms with Gasteiger partial charge in [0.1, 0.15) is 11.6 Å². The summed E-state index contributed by atoms with van der Waals surface area (Å²) in [6, 6.07) is 4.61. The monoisotopic (exact) mass is 336 g/mol. The van der Waals surface area contributed by atoms with E-state index in [1.807, 2.05) is 0 Å². The zero-order valence-corrected chi connectivity index (χ0v) is 11.7. The van der Waals surface area contributed by atoms with Crippen LogP contribution in [0.3, 0.4) is 0 Å². The largest absolute Gasteiger partial charge is 0.416 e. The molecule has 2 aromatic rings. The summed E-state index contributed by atoms with van der Waals surface area (Å²) in [5.74, 6) is -1.02. The van der Waals surface area contributed by atoms with Crippen molar-refractivity contribution in [3.63, 3.8) is 0 Å². The number of nitriles is 1. The van der Waals surface area contributed by atoms with E-state index < -0.39 is 33.8 Å². The number of nitro benzene ring substituents is 1. The van der Waals surface area contributed by atoms with Crippen LogP contribution >= 0.6 is 0 Å². The lowest BCUT2D eigenvalue weighted by molar-refractivity contribution is -0.385. The first kappa shape index (κ1) is 16.9. The summed E-state index contributed by atoms with van der Waals surface area (Å²) in [5.41, 5.74) is -2.76. The third-order valence-corrected chi connectivity index (χ3v) is 2.96. The maximum absolute atomic E-state index is 12.6. The van der Waals surface area contributed by atoms with Gasteiger partial charge in [-0.25, -0.2) is 0 Å². The van der Waals surface area contributed by atoms with Crippen molar-refractivity contribution in [2.24, 2.45) is 0 Å². The zero-order chi connectivity index (χ0) is 17.9. The Balaban J connectivity index is 2.43. The van der Waals surface area contributed by atoms with Crippen molar-refractivity contribution in [2.45, 2.75) is 6.18 Å². The summed E-state index contributed by atoms with van der Waals surface area (Å²) in [6.07, 6.45) is -2.34. The second-order valence-electron chi connectivity index (χ2n) is 4.47. The van der Waals surface area contributed by atoms with Crippen LogP contribution in [0, 0.1) is 21.4 Å². The van der Waals surface area contributed by atoms with Crippen molar-refractivity contribution in [2.75, 3.05) is 5.32 Å². The third-order valence-electron chi connectivity index (χ3n) is 2.96. The van der Waals surface area contributed by atoms with E-state index >= 15 is 0 Å². The summed E-state index contributed by atoms with van der Waals surface area (Å²) < 4.78 is 37.9. The molecule has 122 valence electrons. The van der Waals surface area contributed by atoms with E-state index in [0.29, 0.717) is 12.1 Å². The summed E-state index contributed by atoms with van der Waals surface area (Å²) in [5, 5.41) is 22.1. The van der Waals surface area contributed by atoms with Crippen molar-refractivity contribution < 1.29 is 22.9 Å². The number of carbonyl (C=O) groups excluding carboxylic acids is 1. The maximum Gasteiger partial charge on any atom is 0.416 e. The molecule has 24 heavy (non-hydrogen) atoms. The molecular weight excluding hydrogens is 329 g/mol. The highest BCUT2D eigenvalue weighted by molar-refractivity contribution is 6.07. The smallest absolute Gasteiger partial charge is 0.320 e. The van der Waals surface area contributed by atoms with Gasteiger partial charge >= 0.3 is 6.18 Å². The number of hydrogen-bond donors (Lipinski definition) is 1. The molecule has 0 bridgehead atoms. The molecule has 0 aliphatic heterocycles. The number of amides is 1. The molecule has 0 radical (unpaired) electrons. The number of hydrogen-bond acceptors (Lipinski definition) is 5. The Bertz CT molecular complexity index is 859. The Labute approximate surface area is 132 Å². The van der Waals surface area contributed by atoms with Crippen LogP contribution in [0.15, 0.2) is 36.7 Å². The minimum absolute atomic E-state index is 0.000384. The highest BCUT2D eigenvalue weighted by Crippen LogP contribution is 2.33. The molecule has 0 aliphatic rings. The normalized spacial score (nSPS) is 10.8. The first-order valence-corrected chi connectivity index (χ1v) is 6.25. The van der Waals surface area contributed by atoms with Crippen LogP contribution in [-0.2, 0) is 6.18 Å². The highest BCUT2D eigenvalue weighted by Gasteiger charge is 2.34. The molecule has 0 saturated heterocycles. The Kier molecular flexibility index (Phi) is 4.45. The molecule has 2 rings (SSSR count). The number of pyridine rings is 1. The molecule has 0 atom stereocenters. The van der Waals surface area contributed by atoms with Crippen LogP contribution in [0.25, 0.3) is 0 Å². The number of anilines is 1. The van der Waals surface area contributed by atoms with Gasteiger partial charge in [0.05, 0.1) is 21.7 Å². The van der Waals surface area contributed by atoms with Crippen LogP contribution in [0.4, 0.5) is 24.5 Å². The van der Waals surface area contributed by atoms with Crippen molar-refractivity contribution in [3.05, 3.63) is 63.5 Å². The quantitative estimate of drug-likeness (QED) is 0.684. The van der Waals surface area contributed by atoms with E-state index in [1.165, 1.54) is 12.3 Å². The average molecular weight is 336 g/mol. The van der Waals surface area contributed by atoms with Gasteiger partial charge in [-0.2, -0.15) is 18.4 Å². The summed E-state index contributed by atoms with van der Waals surface area (Å²) in [7, 11) is 0. The fraction of sp³-hybridized carbons (Fsp3) is 0.0714. The van der Waals surface area contributed by atoms with Crippen molar-refractivity contribution in [3.8, 4) is 6.07 Å². The lowest BCUT2D eigenvalue weighted by Gasteiger charge is -2.10. The minimum Gasteiger partial charge on any atom is -0.320 e. The van der Waals surface area contributed by atoms with Gasteiger partial charge in [0.2, 0.25) is 0 Å². The van der Waals surface area contributed by atoms with Crippen LogP contribution < -0.4 is 5.32 Å². The van der Waals surface area contributed by atoms with Crippen LogP contribution in [-0.4, -0.2) is 15.8 Å². The van der Waals surface area contributed by atoms with Crippen molar-refractivity contribution >= 4 is 17.3 Å². The van der Waals surface area contributed by atoms with Gasteiger partial charge in [0.15, 0.2) is 0 Å². The molecule has 0 spiro atoms. The lowest BCUT2D eigenvalue weighted by Crippen LogP contribution is -2.16. The van der Waals surface area contributed by atoms with E-state index in [9.17, 15) is 28.1 Å². The number of benzene rings is 1. The molecule has 0 unspecified atom stereocenters. The van der Waals surface area contributed by atoms with E-state index in [1.54, 1.807) is 6.07 Å². The predicted molar refractivity (Wildman–Crippen MR) is 75.0 cm³/mol. The van der Waals surface area contributed by atoms with Crippen LogP contribution in [0.1, 0.15) is 21.5 Å². The van der Waals surface area contributed by atoms with Crippen molar-refractivity contribution in [1.29, 1.82) is 5.26 Å². The molecule has 1 aromatic heterocycles. The number of nitrogens with zero attached hydrogens (tertiary/aromatic N) is 3. The summed E-state index contributed by atoms with van der Waals surface area (Å²) >= 11 is 0. The van der Waals surface area contributed by atoms with Crippen LogP contribution in [0.2, 0.25) is 0 Å². The second kappa shape index (κ2) is 6.33. The van der Waals surface area contributed by atoms with E-state index in [0.717, 1.165) is 6.20 Å². The number of aromatic nitrogens is 1. The summed E-state index contributed by atoms with van der Waals surface area (Å²) in [4.78, 5) is 25.7. The minimum atomic E-state index is -4.78. The zero-order valence-electron chi connectivity index (χ0n) is 11.7. The first-order valence-electron chi connectivity index (χ1n) is 6.25. The van der Waals surface area contributed by atoms with E-state index in [-0.39, 0.29) is 17.3 Å². The highest BCUT2D eigenvalue weighted by atomic mass is 19.4. The molecule has 1 amide bonds. The van der Waals surface area contributed by atoms with Gasteiger partial charge in [-0.15, -0.1) is 0 Å². The Hall–Kier alpha value is -3.48. The molecule has 10 heteroatoms. The maximum atomic E-state index is 12.6. The molecule has 1 aromatic carbocycles. The Morgan fingerprint density at radius 1 is 1.33 bits per heavy atom. The topological polar surface area (TPSA) is 109 Å². The molecule has 0 aliphatic carbocycles. The second-order valence-corrected chi connectivity index (χ2v) is 4.47. The van der Waals surface area contributed by atoms with Crippen molar-refractivity contribution in [1.82, 2.24) is 4.98 Å². The predicted octanol–water partition coefficient (Wildman–Crippen LogP) is 3.13. The van der Waals surface area contributed by atoms with Gasteiger partial charge in [-0.1, -0.05) is 0 Å². The van der Waals surface area contributed by atoms with Gasteiger partial charge in [0.25, 0.3) is 11.6 Å². The van der Waals surface area contributed by atoms with Gasteiger partial charge < -0.3 is 5.32 Å². The first-order chi connectivity index (χ1) is 11.2. The van der Waals surface area contributed by atoms with Crippen LogP contribution in [0.5, 0.6) is 0 Å². The number of halogens is 3. The SMILES string of the molecule is N#Cc1cnccc1NC(=O)c1ccc(C(F)(F)F)cc1[N+](=O)[O-]. The number of nitrogens with one attached hydrogen (secondary N) is 1. The van der Waals surface area contributed by atoms with Gasteiger partial charge in [-0.3, -0.25) is 19.9 Å². The van der Waals surface area contributed by atoms with E-state index in [2.05, 4.69) is 10.3 Å². The lowest BCUT2D eigenvalue weighted by atomic mass is 10.1.